The highest BCUT2D eigenvalue weighted by Crippen LogP contribution is 2.25. The van der Waals surface area contributed by atoms with Crippen LogP contribution in [-0.4, -0.2) is 28.0 Å². The van der Waals surface area contributed by atoms with Gasteiger partial charge in [0.05, 0.1) is 16.8 Å². The molecule has 0 aliphatic carbocycles. The van der Waals surface area contributed by atoms with Crippen LogP contribution in [0.2, 0.25) is 0 Å². The van der Waals surface area contributed by atoms with E-state index in [-0.39, 0.29) is 5.91 Å². The highest BCUT2D eigenvalue weighted by Gasteiger charge is 2.15. The molecule has 0 spiro atoms. The Morgan fingerprint density at radius 2 is 2.24 bits per heavy atom. The largest absolute Gasteiger partial charge is 0.375 e. The van der Waals surface area contributed by atoms with E-state index in [0.29, 0.717) is 17.2 Å². The molecule has 0 radical (unpaired) electrons. The molecule has 108 valence electrons. The second kappa shape index (κ2) is 5.17. The lowest BCUT2D eigenvalue weighted by atomic mass is 10.2. The van der Waals surface area contributed by atoms with Gasteiger partial charge in [-0.25, -0.2) is 4.98 Å². The summed E-state index contributed by atoms with van der Waals surface area (Å²) in [6, 6.07) is 7.20. The zero-order chi connectivity index (χ0) is 15.0. The molecule has 0 fully saturated rings. The van der Waals surface area contributed by atoms with Crippen LogP contribution in [0, 0.1) is 6.92 Å². The Balaban J connectivity index is 1.81. The fourth-order valence-corrected chi connectivity index (χ4v) is 2.88. The van der Waals surface area contributed by atoms with Crippen LogP contribution in [0.4, 0.5) is 5.13 Å². The minimum atomic E-state index is -0.0791. The third-order valence-electron chi connectivity index (χ3n) is 3.07. The fourth-order valence-electron chi connectivity index (χ4n) is 2.10. The Hall–Kier alpha value is -2.41. The van der Waals surface area contributed by atoms with Crippen molar-refractivity contribution in [3.8, 4) is 0 Å². The Kier molecular flexibility index (Phi) is 3.34. The van der Waals surface area contributed by atoms with Gasteiger partial charge in [-0.1, -0.05) is 16.5 Å². The molecule has 21 heavy (non-hydrogen) atoms. The molecule has 2 N–H and O–H groups in total. The van der Waals surface area contributed by atoms with Gasteiger partial charge in [-0.15, -0.1) is 0 Å². The summed E-state index contributed by atoms with van der Waals surface area (Å²) in [5.74, 6) is 0.650. The summed E-state index contributed by atoms with van der Waals surface area (Å²) >= 11 is 1.37. The molecule has 7 heteroatoms. The van der Waals surface area contributed by atoms with E-state index >= 15 is 0 Å². The predicted octanol–water partition coefficient (Wildman–Crippen LogP) is 2.45. The molecule has 2 heterocycles. The van der Waals surface area contributed by atoms with Crippen molar-refractivity contribution in [3.05, 3.63) is 41.3 Å². The second-order valence-electron chi connectivity index (χ2n) is 4.82. The normalized spacial score (nSPS) is 11.0. The minimum absolute atomic E-state index is 0.0791. The number of aromatic nitrogens is 2. The van der Waals surface area contributed by atoms with Crippen molar-refractivity contribution in [1.29, 1.82) is 0 Å². The van der Waals surface area contributed by atoms with E-state index in [1.54, 1.807) is 18.0 Å². The number of carbonyl (C=O) groups is 1. The number of nitrogen functional groups attached to an aromatic ring is 1. The quantitative estimate of drug-likeness (QED) is 0.803. The van der Waals surface area contributed by atoms with Crippen LogP contribution < -0.4 is 5.73 Å². The monoisotopic (exact) mass is 302 g/mol. The van der Waals surface area contributed by atoms with Gasteiger partial charge >= 0.3 is 0 Å². The molecule has 2 aromatic heterocycles. The van der Waals surface area contributed by atoms with E-state index in [9.17, 15) is 4.79 Å². The van der Waals surface area contributed by atoms with Crippen LogP contribution in [-0.2, 0) is 6.54 Å². The lowest BCUT2D eigenvalue weighted by Crippen LogP contribution is -2.26. The molecule has 3 aromatic rings. The topological polar surface area (TPSA) is 85.2 Å². The molecular formula is C14H14N4O2S. The van der Waals surface area contributed by atoms with E-state index in [0.717, 1.165) is 21.7 Å². The molecule has 0 unspecified atom stereocenters. The third-order valence-corrected chi connectivity index (χ3v) is 3.92. The van der Waals surface area contributed by atoms with E-state index in [2.05, 4.69) is 10.1 Å². The number of anilines is 1. The zero-order valence-corrected chi connectivity index (χ0v) is 12.5. The number of hydrogen-bond acceptors (Lipinski definition) is 6. The number of amides is 1. The van der Waals surface area contributed by atoms with Crippen LogP contribution in [0.25, 0.3) is 10.2 Å². The summed E-state index contributed by atoms with van der Waals surface area (Å²) in [5.41, 5.74) is 7.82. The second-order valence-corrected chi connectivity index (χ2v) is 5.89. The van der Waals surface area contributed by atoms with Gasteiger partial charge in [0, 0.05) is 18.7 Å². The van der Waals surface area contributed by atoms with Crippen LogP contribution in [0.3, 0.4) is 0 Å². The van der Waals surface area contributed by atoms with Gasteiger partial charge in [0.1, 0.15) is 11.5 Å². The van der Waals surface area contributed by atoms with E-state index < -0.39 is 0 Å². The van der Waals surface area contributed by atoms with Crippen LogP contribution in [0.1, 0.15) is 21.8 Å². The first-order valence-corrected chi connectivity index (χ1v) is 7.18. The van der Waals surface area contributed by atoms with Gasteiger partial charge in [0.25, 0.3) is 5.91 Å². The Bertz CT molecular complexity index is 808. The smallest absolute Gasteiger partial charge is 0.254 e. The molecule has 0 atom stereocenters. The average Bonchev–Trinajstić information content (AvgIpc) is 3.01. The minimum Gasteiger partial charge on any atom is -0.375 e. The molecule has 3 rings (SSSR count). The molecule has 0 aliphatic rings. The number of benzene rings is 1. The fraction of sp³-hybridized carbons (Fsp3) is 0.214. The molecule has 0 bridgehead atoms. The maximum Gasteiger partial charge on any atom is 0.254 e. The van der Waals surface area contributed by atoms with Crippen LogP contribution >= 0.6 is 11.3 Å². The Morgan fingerprint density at radius 1 is 1.43 bits per heavy atom. The molecule has 6 nitrogen and oxygen atoms in total. The summed E-state index contributed by atoms with van der Waals surface area (Å²) in [5, 5.41) is 4.39. The first kappa shape index (κ1) is 13.6. The average molecular weight is 302 g/mol. The van der Waals surface area contributed by atoms with Crippen LogP contribution in [0.5, 0.6) is 0 Å². The maximum atomic E-state index is 12.4. The number of thiazole rings is 1. The number of hydrogen-bond donors (Lipinski definition) is 1. The van der Waals surface area contributed by atoms with Crippen molar-refractivity contribution in [3.63, 3.8) is 0 Å². The summed E-state index contributed by atoms with van der Waals surface area (Å²) in [7, 11) is 1.73. The number of aryl methyl sites for hydroxylation is 1. The highest BCUT2D eigenvalue weighted by atomic mass is 32.1. The first-order chi connectivity index (χ1) is 10.0. The van der Waals surface area contributed by atoms with Crippen molar-refractivity contribution in [2.45, 2.75) is 13.5 Å². The van der Waals surface area contributed by atoms with Crippen LogP contribution in [0.15, 0.2) is 28.8 Å². The number of nitrogens with two attached hydrogens (primary N) is 1. The SMILES string of the molecule is Cc1cc(CN(C)C(=O)c2ccc3nc(N)sc3c2)no1. The van der Waals surface area contributed by atoms with Gasteiger partial charge in [0.15, 0.2) is 5.13 Å². The maximum absolute atomic E-state index is 12.4. The lowest BCUT2D eigenvalue weighted by molar-refractivity contribution is 0.0782. The molecule has 0 saturated heterocycles. The van der Waals surface area contributed by atoms with E-state index in [4.69, 9.17) is 10.3 Å². The first-order valence-electron chi connectivity index (χ1n) is 6.36. The Labute approximate surface area is 125 Å². The molecule has 0 saturated carbocycles. The van der Waals surface area contributed by atoms with Crippen molar-refractivity contribution in [2.75, 3.05) is 12.8 Å². The van der Waals surface area contributed by atoms with Gasteiger partial charge in [0.2, 0.25) is 0 Å². The predicted molar refractivity (Wildman–Crippen MR) is 81.1 cm³/mol. The van der Waals surface area contributed by atoms with Gasteiger partial charge in [-0.2, -0.15) is 0 Å². The molecular weight excluding hydrogens is 288 g/mol. The van der Waals surface area contributed by atoms with Gasteiger partial charge in [-0.05, 0) is 25.1 Å². The number of nitrogens with zero attached hydrogens (tertiary/aromatic N) is 3. The molecule has 1 aromatic carbocycles. The number of carbonyl (C=O) groups excluding carboxylic acids is 1. The van der Waals surface area contributed by atoms with Crippen molar-refractivity contribution < 1.29 is 9.32 Å². The Morgan fingerprint density at radius 3 is 2.95 bits per heavy atom. The third kappa shape index (κ3) is 2.73. The summed E-state index contributed by atoms with van der Waals surface area (Å²) in [6.07, 6.45) is 0. The van der Waals surface area contributed by atoms with Crippen molar-refractivity contribution in [1.82, 2.24) is 15.0 Å². The standard InChI is InChI=1S/C14H14N4O2S/c1-8-5-10(17-20-8)7-18(2)13(19)9-3-4-11-12(6-9)21-14(15)16-11/h3-6H,7H2,1-2H3,(H2,15,16). The van der Waals surface area contributed by atoms with Gasteiger partial charge in [-0.3, -0.25) is 4.79 Å². The molecule has 1 amide bonds. The number of rotatable bonds is 3. The van der Waals surface area contributed by atoms with Gasteiger partial charge < -0.3 is 15.2 Å². The summed E-state index contributed by atoms with van der Waals surface area (Å²) < 4.78 is 5.91. The summed E-state index contributed by atoms with van der Waals surface area (Å²) in [4.78, 5) is 18.2. The van der Waals surface area contributed by atoms with Crippen molar-refractivity contribution >= 4 is 32.6 Å². The van der Waals surface area contributed by atoms with Crippen molar-refractivity contribution in [2.24, 2.45) is 0 Å². The number of fused-ring (bicyclic) bond motifs is 1. The zero-order valence-electron chi connectivity index (χ0n) is 11.7. The van der Waals surface area contributed by atoms with E-state index in [1.807, 2.05) is 25.1 Å². The molecule has 0 aliphatic heterocycles. The highest BCUT2D eigenvalue weighted by molar-refractivity contribution is 7.22. The lowest BCUT2D eigenvalue weighted by Gasteiger charge is -2.15. The summed E-state index contributed by atoms with van der Waals surface area (Å²) in [6.45, 7) is 2.22. The van der Waals surface area contributed by atoms with E-state index in [1.165, 1.54) is 11.3 Å².